The number of nitrogens with zero attached hydrogens (tertiary/aromatic N) is 1. The molecule has 0 saturated carbocycles. The molecule has 0 spiro atoms. The molecule has 2 heteroatoms. The topological polar surface area (TPSA) is 20.3 Å². The van der Waals surface area contributed by atoms with Crippen LogP contribution in [0.3, 0.4) is 0 Å². The average Bonchev–Trinajstić information content (AvgIpc) is 2.01. The molecule has 0 aliphatic rings. The third-order valence-electron chi connectivity index (χ3n) is 2.34. The first-order valence-corrected chi connectivity index (χ1v) is 5.59. The Bertz CT molecular complexity index is 179. The summed E-state index contributed by atoms with van der Waals surface area (Å²) in [6, 6.07) is 0. The lowest BCUT2D eigenvalue weighted by molar-refractivity contribution is -0.135. The quantitative estimate of drug-likeness (QED) is 0.681. The van der Waals surface area contributed by atoms with Crippen LogP contribution in [0.2, 0.25) is 0 Å². The second-order valence-corrected chi connectivity index (χ2v) is 5.25. The molecule has 0 aliphatic heterocycles. The van der Waals surface area contributed by atoms with E-state index >= 15 is 0 Å². The number of hydrogen-bond donors (Lipinski definition) is 0. The normalized spacial score (nSPS) is 11.9. The summed E-state index contributed by atoms with van der Waals surface area (Å²) in [6.07, 6.45) is 1.69. The Morgan fingerprint density at radius 2 is 1.79 bits per heavy atom. The maximum atomic E-state index is 11.7. The summed E-state index contributed by atoms with van der Waals surface area (Å²) < 4.78 is 0. The van der Waals surface area contributed by atoms with E-state index in [0.29, 0.717) is 12.3 Å². The van der Waals surface area contributed by atoms with E-state index < -0.39 is 0 Å². The van der Waals surface area contributed by atoms with Gasteiger partial charge >= 0.3 is 0 Å². The van der Waals surface area contributed by atoms with Crippen LogP contribution in [0, 0.1) is 5.92 Å². The molecule has 14 heavy (non-hydrogen) atoms. The molecule has 0 N–H and O–H groups in total. The summed E-state index contributed by atoms with van der Waals surface area (Å²) in [7, 11) is 0. The molecule has 1 amide bonds. The van der Waals surface area contributed by atoms with Crippen LogP contribution in [0.5, 0.6) is 0 Å². The van der Waals surface area contributed by atoms with Crippen LogP contribution in [-0.4, -0.2) is 22.9 Å². The number of rotatable bonds is 4. The van der Waals surface area contributed by atoms with Crippen LogP contribution in [0.15, 0.2) is 0 Å². The van der Waals surface area contributed by atoms with E-state index in [-0.39, 0.29) is 11.4 Å². The first-order chi connectivity index (χ1) is 6.29. The van der Waals surface area contributed by atoms with Gasteiger partial charge in [-0.15, -0.1) is 0 Å². The predicted octanol–water partition coefficient (Wildman–Crippen LogP) is 3.07. The van der Waals surface area contributed by atoms with Gasteiger partial charge in [0, 0.05) is 18.5 Å². The minimum absolute atomic E-state index is 0.0397. The molecule has 0 aromatic rings. The Balaban J connectivity index is 4.34. The Morgan fingerprint density at radius 1 is 1.29 bits per heavy atom. The molecule has 0 atom stereocenters. The van der Waals surface area contributed by atoms with Crippen molar-refractivity contribution >= 4 is 5.91 Å². The number of carbonyl (C=O) groups is 1. The van der Waals surface area contributed by atoms with Gasteiger partial charge in [-0.2, -0.15) is 0 Å². The van der Waals surface area contributed by atoms with Crippen molar-refractivity contribution in [2.75, 3.05) is 6.54 Å². The van der Waals surface area contributed by atoms with Crippen molar-refractivity contribution in [2.24, 2.45) is 5.92 Å². The molecule has 0 unspecified atom stereocenters. The van der Waals surface area contributed by atoms with Crippen LogP contribution in [0.4, 0.5) is 0 Å². The molecule has 0 saturated heterocycles. The Kier molecular flexibility index (Phi) is 5.17. The van der Waals surface area contributed by atoms with Gasteiger partial charge < -0.3 is 4.90 Å². The molecule has 84 valence electrons. The minimum atomic E-state index is -0.0397. The van der Waals surface area contributed by atoms with Crippen LogP contribution < -0.4 is 0 Å². The van der Waals surface area contributed by atoms with Gasteiger partial charge in [-0.1, -0.05) is 20.8 Å². The van der Waals surface area contributed by atoms with Crippen LogP contribution >= 0.6 is 0 Å². The molecule has 0 fully saturated rings. The molecule has 0 aromatic heterocycles. The van der Waals surface area contributed by atoms with Gasteiger partial charge in [0.05, 0.1) is 0 Å². The zero-order valence-corrected chi connectivity index (χ0v) is 10.6. The summed E-state index contributed by atoms with van der Waals surface area (Å²) in [5.74, 6) is 0.919. The van der Waals surface area contributed by atoms with Gasteiger partial charge in [0.2, 0.25) is 5.91 Å². The molecule has 0 radical (unpaired) electrons. The molecular weight excluding hydrogens is 174 g/mol. The number of carbonyl (C=O) groups excluding carboxylic acids is 1. The minimum Gasteiger partial charge on any atom is -0.338 e. The van der Waals surface area contributed by atoms with Crippen molar-refractivity contribution in [1.82, 2.24) is 4.90 Å². The van der Waals surface area contributed by atoms with Crippen LogP contribution in [0.25, 0.3) is 0 Å². The lowest BCUT2D eigenvalue weighted by Gasteiger charge is -2.36. The van der Waals surface area contributed by atoms with Crippen molar-refractivity contribution in [2.45, 2.75) is 59.9 Å². The van der Waals surface area contributed by atoms with E-state index in [2.05, 4.69) is 34.6 Å². The molecular formula is C12H25NO. The highest BCUT2D eigenvalue weighted by molar-refractivity contribution is 5.76. The second kappa shape index (κ2) is 5.38. The fourth-order valence-corrected chi connectivity index (χ4v) is 1.41. The maximum absolute atomic E-state index is 11.7. The smallest absolute Gasteiger partial charge is 0.222 e. The first-order valence-electron chi connectivity index (χ1n) is 5.59. The monoisotopic (exact) mass is 199 g/mol. The zero-order chi connectivity index (χ0) is 11.4. The SMILES string of the molecule is CCC(=O)N(CCC(C)C)C(C)(C)C. The maximum Gasteiger partial charge on any atom is 0.222 e. The number of amides is 1. The number of hydrogen-bond acceptors (Lipinski definition) is 1. The molecule has 0 rings (SSSR count). The van der Waals surface area contributed by atoms with Gasteiger partial charge in [0.1, 0.15) is 0 Å². The van der Waals surface area contributed by atoms with E-state index in [1.165, 1.54) is 0 Å². The Morgan fingerprint density at radius 3 is 2.07 bits per heavy atom. The standard InChI is InChI=1S/C12H25NO/c1-7-11(14)13(12(4,5)6)9-8-10(2)3/h10H,7-9H2,1-6H3. The average molecular weight is 199 g/mol. The molecule has 0 aliphatic carbocycles. The summed E-state index contributed by atoms with van der Waals surface area (Å²) in [6.45, 7) is 13.5. The van der Waals surface area contributed by atoms with E-state index in [0.717, 1.165) is 13.0 Å². The van der Waals surface area contributed by atoms with Gasteiger partial charge in [-0.3, -0.25) is 4.79 Å². The van der Waals surface area contributed by atoms with Gasteiger partial charge in [-0.25, -0.2) is 0 Å². The highest BCUT2D eigenvalue weighted by atomic mass is 16.2. The van der Waals surface area contributed by atoms with E-state index in [9.17, 15) is 4.79 Å². The lowest BCUT2D eigenvalue weighted by atomic mass is 10.0. The molecule has 0 heterocycles. The largest absolute Gasteiger partial charge is 0.338 e. The van der Waals surface area contributed by atoms with Gasteiger partial charge in [0.25, 0.3) is 0 Å². The van der Waals surface area contributed by atoms with Gasteiger partial charge in [-0.05, 0) is 33.1 Å². The summed E-state index contributed by atoms with van der Waals surface area (Å²) in [4.78, 5) is 13.7. The zero-order valence-electron chi connectivity index (χ0n) is 10.6. The third kappa shape index (κ3) is 4.64. The van der Waals surface area contributed by atoms with Crippen molar-refractivity contribution in [3.05, 3.63) is 0 Å². The molecule has 0 bridgehead atoms. The third-order valence-corrected chi connectivity index (χ3v) is 2.34. The van der Waals surface area contributed by atoms with E-state index in [1.54, 1.807) is 0 Å². The van der Waals surface area contributed by atoms with E-state index in [4.69, 9.17) is 0 Å². The van der Waals surface area contributed by atoms with Crippen LogP contribution in [-0.2, 0) is 4.79 Å². The second-order valence-electron chi connectivity index (χ2n) is 5.25. The molecule has 0 aromatic carbocycles. The highest BCUT2D eigenvalue weighted by Gasteiger charge is 2.24. The lowest BCUT2D eigenvalue weighted by Crippen LogP contribution is -2.46. The summed E-state index contributed by atoms with van der Waals surface area (Å²) >= 11 is 0. The molecule has 2 nitrogen and oxygen atoms in total. The Hall–Kier alpha value is -0.530. The predicted molar refractivity (Wildman–Crippen MR) is 61.2 cm³/mol. The summed E-state index contributed by atoms with van der Waals surface area (Å²) in [5, 5.41) is 0. The fraction of sp³-hybridized carbons (Fsp3) is 0.917. The van der Waals surface area contributed by atoms with Crippen molar-refractivity contribution < 1.29 is 4.79 Å². The Labute approximate surface area is 88.7 Å². The summed E-state index contributed by atoms with van der Waals surface area (Å²) in [5.41, 5.74) is -0.0397. The highest BCUT2D eigenvalue weighted by Crippen LogP contribution is 2.16. The van der Waals surface area contributed by atoms with Crippen molar-refractivity contribution in [3.8, 4) is 0 Å². The first kappa shape index (κ1) is 13.5. The van der Waals surface area contributed by atoms with E-state index in [1.807, 2.05) is 11.8 Å². The van der Waals surface area contributed by atoms with Crippen LogP contribution in [0.1, 0.15) is 54.4 Å². The van der Waals surface area contributed by atoms with Crippen molar-refractivity contribution in [1.29, 1.82) is 0 Å². The fourth-order valence-electron chi connectivity index (χ4n) is 1.41. The van der Waals surface area contributed by atoms with Crippen molar-refractivity contribution in [3.63, 3.8) is 0 Å². The van der Waals surface area contributed by atoms with Gasteiger partial charge in [0.15, 0.2) is 0 Å².